The lowest BCUT2D eigenvalue weighted by atomic mass is 10.1. The zero-order valence-corrected chi connectivity index (χ0v) is 4.68. The van der Waals surface area contributed by atoms with E-state index in [-0.39, 0.29) is 18.6 Å². The molecule has 0 aromatic rings. The molecule has 1 aliphatic heterocycles. The smallest absolute Gasteiger partial charge is 0.0950 e. The van der Waals surface area contributed by atoms with E-state index in [1.165, 1.54) is 0 Å². The zero-order valence-electron chi connectivity index (χ0n) is 4.68. The first-order chi connectivity index (χ1) is 3.84. The Balaban J connectivity index is 2.30. The van der Waals surface area contributed by atoms with E-state index < -0.39 is 0 Å². The van der Waals surface area contributed by atoms with E-state index in [0.717, 1.165) is 0 Å². The molecule has 1 fully saturated rings. The number of alkyl halides is 1. The molecule has 1 radical (unpaired) electrons. The van der Waals surface area contributed by atoms with Gasteiger partial charge in [-0.2, -0.15) is 0 Å². The number of halogens is 1. The molecule has 47 valence electrons. The van der Waals surface area contributed by atoms with Crippen LogP contribution in [0.15, 0.2) is 0 Å². The maximum atomic E-state index is 11.8. The Bertz CT molecular complexity index is 76.8. The summed E-state index contributed by atoms with van der Waals surface area (Å²) in [5.74, 6) is 0.00926. The Labute approximate surface area is 48.2 Å². The average Bonchev–Trinajstić information content (AvgIpc) is 2.14. The minimum Gasteiger partial charge on any atom is -0.326 e. The van der Waals surface area contributed by atoms with Crippen LogP contribution in [0.5, 0.6) is 0 Å². The van der Waals surface area contributed by atoms with E-state index in [1.807, 2.05) is 0 Å². The van der Waals surface area contributed by atoms with Gasteiger partial charge >= 0.3 is 0 Å². The van der Waals surface area contributed by atoms with Crippen molar-refractivity contribution in [3.05, 3.63) is 0 Å². The highest BCUT2D eigenvalue weighted by Gasteiger charge is 2.23. The third-order valence-corrected chi connectivity index (χ3v) is 1.51. The summed E-state index contributed by atoms with van der Waals surface area (Å²) >= 11 is 0. The van der Waals surface area contributed by atoms with Gasteiger partial charge in [-0.3, -0.25) is 4.39 Å². The monoisotopic (exact) mass is 117 g/mol. The molecule has 2 N–H and O–H groups in total. The SMILES string of the molecule is N[C@@H]1C[N]C[C@@H]1CF. The molecule has 0 aromatic carbocycles. The summed E-state index contributed by atoms with van der Waals surface area (Å²) in [6, 6.07) is -0.0139. The van der Waals surface area contributed by atoms with Crippen molar-refractivity contribution in [2.24, 2.45) is 11.7 Å². The normalized spacial score (nSPS) is 38.2. The summed E-state index contributed by atoms with van der Waals surface area (Å²) in [6.07, 6.45) is 0. The summed E-state index contributed by atoms with van der Waals surface area (Å²) in [7, 11) is 0. The molecule has 0 aromatic heterocycles. The molecule has 1 aliphatic rings. The van der Waals surface area contributed by atoms with Gasteiger partial charge in [0, 0.05) is 25.0 Å². The first-order valence-electron chi connectivity index (χ1n) is 2.79. The molecule has 0 unspecified atom stereocenters. The van der Waals surface area contributed by atoms with Crippen molar-refractivity contribution >= 4 is 0 Å². The standard InChI is InChI=1S/C5H10FN2/c6-1-4-2-8-3-5(4)7/h4-5H,1-3,7H2/t4-,5+/m0/s1. The van der Waals surface area contributed by atoms with Gasteiger partial charge in [-0.1, -0.05) is 0 Å². The summed E-state index contributed by atoms with van der Waals surface area (Å²) in [5, 5.41) is 3.95. The Hall–Kier alpha value is -0.150. The molecule has 0 amide bonds. The summed E-state index contributed by atoms with van der Waals surface area (Å²) in [5.41, 5.74) is 5.46. The topological polar surface area (TPSA) is 40.1 Å². The molecule has 1 heterocycles. The Morgan fingerprint density at radius 1 is 1.62 bits per heavy atom. The molecule has 1 rings (SSSR count). The van der Waals surface area contributed by atoms with Crippen LogP contribution < -0.4 is 11.1 Å². The van der Waals surface area contributed by atoms with E-state index >= 15 is 0 Å². The number of hydrogen-bond donors (Lipinski definition) is 1. The molecule has 0 bridgehead atoms. The molecule has 1 saturated heterocycles. The van der Waals surface area contributed by atoms with Gasteiger partial charge in [0.05, 0.1) is 6.67 Å². The third kappa shape index (κ3) is 0.980. The number of nitrogens with two attached hydrogens (primary N) is 1. The van der Waals surface area contributed by atoms with Crippen LogP contribution >= 0.6 is 0 Å². The van der Waals surface area contributed by atoms with Crippen molar-refractivity contribution < 1.29 is 4.39 Å². The fraction of sp³-hybridized carbons (Fsp3) is 1.00. The third-order valence-electron chi connectivity index (χ3n) is 1.51. The fourth-order valence-electron chi connectivity index (χ4n) is 0.837. The molecule has 8 heavy (non-hydrogen) atoms. The van der Waals surface area contributed by atoms with Crippen molar-refractivity contribution in [3.8, 4) is 0 Å². The van der Waals surface area contributed by atoms with Gasteiger partial charge in [0.1, 0.15) is 0 Å². The number of hydrogen-bond acceptors (Lipinski definition) is 1. The van der Waals surface area contributed by atoms with Crippen LogP contribution in [-0.2, 0) is 0 Å². The largest absolute Gasteiger partial charge is 0.326 e. The van der Waals surface area contributed by atoms with Gasteiger partial charge in [0.2, 0.25) is 0 Å². The van der Waals surface area contributed by atoms with Crippen LogP contribution in [-0.4, -0.2) is 25.8 Å². The van der Waals surface area contributed by atoms with Crippen LogP contribution in [0.1, 0.15) is 0 Å². The van der Waals surface area contributed by atoms with E-state index in [0.29, 0.717) is 13.1 Å². The van der Waals surface area contributed by atoms with Gasteiger partial charge in [0.15, 0.2) is 0 Å². The summed E-state index contributed by atoms with van der Waals surface area (Å²) in [4.78, 5) is 0. The maximum Gasteiger partial charge on any atom is 0.0950 e. The fourth-order valence-corrected chi connectivity index (χ4v) is 0.837. The van der Waals surface area contributed by atoms with Gasteiger partial charge in [0.25, 0.3) is 0 Å². The first kappa shape index (κ1) is 5.98. The Morgan fingerprint density at radius 3 is 2.62 bits per heavy atom. The lowest BCUT2D eigenvalue weighted by Gasteiger charge is -2.06. The van der Waals surface area contributed by atoms with Crippen LogP contribution in [0.2, 0.25) is 0 Å². The molecular formula is C5H10FN2. The van der Waals surface area contributed by atoms with Crippen molar-refractivity contribution in [2.45, 2.75) is 6.04 Å². The van der Waals surface area contributed by atoms with Gasteiger partial charge in [-0.15, -0.1) is 0 Å². The highest BCUT2D eigenvalue weighted by molar-refractivity contribution is 4.82. The van der Waals surface area contributed by atoms with Crippen LogP contribution in [0.25, 0.3) is 0 Å². The van der Waals surface area contributed by atoms with Crippen molar-refractivity contribution in [3.63, 3.8) is 0 Å². The van der Waals surface area contributed by atoms with E-state index in [2.05, 4.69) is 5.32 Å². The Morgan fingerprint density at radius 2 is 2.38 bits per heavy atom. The maximum absolute atomic E-state index is 11.8. The molecular weight excluding hydrogens is 107 g/mol. The minimum atomic E-state index is -0.315. The summed E-state index contributed by atoms with van der Waals surface area (Å²) in [6.45, 7) is 0.955. The van der Waals surface area contributed by atoms with Crippen molar-refractivity contribution in [1.82, 2.24) is 5.32 Å². The van der Waals surface area contributed by atoms with Gasteiger partial charge < -0.3 is 5.73 Å². The first-order valence-corrected chi connectivity index (χ1v) is 2.79. The van der Waals surface area contributed by atoms with Crippen LogP contribution in [0.3, 0.4) is 0 Å². The second-order valence-electron chi connectivity index (χ2n) is 2.17. The molecule has 2 atom stereocenters. The van der Waals surface area contributed by atoms with Crippen LogP contribution in [0.4, 0.5) is 4.39 Å². The molecule has 0 aliphatic carbocycles. The molecule has 3 heteroatoms. The highest BCUT2D eigenvalue weighted by atomic mass is 19.1. The lowest BCUT2D eigenvalue weighted by molar-refractivity contribution is 0.358. The zero-order chi connectivity index (χ0) is 5.98. The van der Waals surface area contributed by atoms with Gasteiger partial charge in [-0.05, 0) is 0 Å². The quantitative estimate of drug-likeness (QED) is 0.495. The second kappa shape index (κ2) is 2.42. The van der Waals surface area contributed by atoms with Crippen LogP contribution in [0, 0.1) is 5.92 Å². The van der Waals surface area contributed by atoms with Gasteiger partial charge in [-0.25, -0.2) is 5.32 Å². The summed E-state index contributed by atoms with van der Waals surface area (Å²) < 4.78 is 11.8. The molecule has 0 spiro atoms. The molecule has 0 saturated carbocycles. The lowest BCUT2D eigenvalue weighted by Crippen LogP contribution is -2.29. The van der Waals surface area contributed by atoms with E-state index in [4.69, 9.17) is 5.73 Å². The predicted octanol–water partition coefficient (Wildman–Crippen LogP) is -0.483. The van der Waals surface area contributed by atoms with Crippen molar-refractivity contribution in [2.75, 3.05) is 19.8 Å². The average molecular weight is 117 g/mol. The predicted molar refractivity (Wildman–Crippen MR) is 29.3 cm³/mol. The minimum absolute atomic E-state index is 0.00926. The molecule has 2 nitrogen and oxygen atoms in total. The second-order valence-corrected chi connectivity index (χ2v) is 2.17. The number of nitrogens with zero attached hydrogens (tertiary/aromatic N) is 1. The van der Waals surface area contributed by atoms with Crippen molar-refractivity contribution in [1.29, 1.82) is 0 Å². The van der Waals surface area contributed by atoms with E-state index in [9.17, 15) is 4.39 Å². The van der Waals surface area contributed by atoms with E-state index in [1.54, 1.807) is 0 Å². The highest BCUT2D eigenvalue weighted by Crippen LogP contribution is 2.07. The Kier molecular flexibility index (Phi) is 1.81. The number of rotatable bonds is 1.